The number of nitrogens with one attached hydrogen (secondary N) is 3. The molecule has 24 heteroatoms. The van der Waals surface area contributed by atoms with Crippen molar-refractivity contribution in [2.24, 2.45) is 0 Å². The minimum Gasteiger partial charge on any atom is -0.368 e. The van der Waals surface area contributed by atoms with Crippen molar-refractivity contribution in [3.63, 3.8) is 0 Å². The van der Waals surface area contributed by atoms with E-state index in [4.69, 9.17) is 86.8 Å². The zero-order chi connectivity index (χ0) is 44.1. The van der Waals surface area contributed by atoms with Crippen LogP contribution < -0.4 is 47.9 Å². The molecule has 0 bridgehead atoms. The van der Waals surface area contributed by atoms with E-state index in [9.17, 15) is 0 Å². The van der Waals surface area contributed by atoms with Gasteiger partial charge in [0.1, 0.15) is 0 Å². The van der Waals surface area contributed by atoms with E-state index < -0.39 is 0 Å². The fourth-order valence-corrected chi connectivity index (χ4v) is 5.44. The predicted molar refractivity (Wildman–Crippen MR) is 248 cm³/mol. The van der Waals surface area contributed by atoms with Crippen LogP contribution in [0.4, 0.5) is 59.2 Å². The standard InChI is InChI=1S/C13H16Cl2N6.C12H14Cl2N6.C11H12Cl2N6/c1-21(2)13-19-11(16)18-12(20-13)17-6-5-8-3-4-9(14)10(15)7-8;1-20(2)12-18-10(15)17-11(19-12)16-6-7-3-4-8(13)9(14)5-7;1-19(2)11-17-9(14)16-10(18-11)15-6-3-4-7(12)8(13)5-6/h3-4,7H,5-6H2,1-2H3,(H3,16,17,18,19,20);3-5H,6H2,1-2H3,(H3,15,16,17,18,19);3-5H,1-2H3,(H3,14,15,16,17,18). The third-order valence-electron chi connectivity index (χ3n) is 7.41. The van der Waals surface area contributed by atoms with E-state index in [1.807, 2.05) is 60.5 Å². The van der Waals surface area contributed by atoms with Gasteiger partial charge in [-0.2, -0.15) is 44.9 Å². The highest BCUT2D eigenvalue weighted by Crippen LogP contribution is 2.27. The number of halogens is 6. The Hall–Kier alpha value is -5.37. The van der Waals surface area contributed by atoms with Crippen LogP contribution >= 0.6 is 69.6 Å². The predicted octanol–water partition coefficient (Wildman–Crippen LogP) is 7.49. The first kappa shape index (κ1) is 47.3. The molecule has 18 nitrogen and oxygen atoms in total. The molecule has 3 aromatic carbocycles. The number of anilines is 10. The lowest BCUT2D eigenvalue weighted by atomic mass is 10.1. The van der Waals surface area contributed by atoms with Gasteiger partial charge in [-0.15, -0.1) is 0 Å². The smallest absolute Gasteiger partial charge is 0.233 e. The molecule has 6 rings (SSSR count). The lowest BCUT2D eigenvalue weighted by Gasteiger charge is -2.12. The van der Waals surface area contributed by atoms with Gasteiger partial charge >= 0.3 is 0 Å². The molecular formula is C36H42Cl6N18. The lowest BCUT2D eigenvalue weighted by molar-refractivity contribution is 0.935. The quantitative estimate of drug-likeness (QED) is 0.0696. The van der Waals surface area contributed by atoms with Crippen LogP contribution in [0.25, 0.3) is 0 Å². The fourth-order valence-electron chi connectivity index (χ4n) is 4.50. The Bertz CT molecular complexity index is 2370. The number of aromatic nitrogens is 9. The van der Waals surface area contributed by atoms with Crippen molar-refractivity contribution < 1.29 is 0 Å². The van der Waals surface area contributed by atoms with E-state index in [0.717, 1.165) is 17.5 Å². The van der Waals surface area contributed by atoms with Crippen LogP contribution in [0, 0.1) is 0 Å². The Morgan fingerprint density at radius 2 is 0.850 bits per heavy atom. The molecule has 6 aromatic rings. The summed E-state index contributed by atoms with van der Waals surface area (Å²) in [5.74, 6) is 3.17. The lowest BCUT2D eigenvalue weighted by Crippen LogP contribution is -2.17. The number of hydrogen-bond acceptors (Lipinski definition) is 18. The second-order valence-electron chi connectivity index (χ2n) is 12.9. The van der Waals surface area contributed by atoms with Gasteiger partial charge in [-0.05, 0) is 60.0 Å². The van der Waals surface area contributed by atoms with Crippen LogP contribution in [0.1, 0.15) is 11.1 Å². The van der Waals surface area contributed by atoms with Crippen molar-refractivity contribution >= 4 is 129 Å². The molecule has 60 heavy (non-hydrogen) atoms. The SMILES string of the molecule is CN(C)c1nc(N)nc(NCCc2ccc(Cl)c(Cl)c2)n1.CN(C)c1nc(N)nc(NCc2ccc(Cl)c(Cl)c2)n1.CN(C)c1nc(N)nc(Nc2ccc(Cl)c(Cl)c2)n1. The molecule has 0 spiro atoms. The van der Waals surface area contributed by atoms with Crippen molar-refractivity contribution in [2.75, 3.05) is 96.7 Å². The summed E-state index contributed by atoms with van der Waals surface area (Å²) in [7, 11) is 11.0. The summed E-state index contributed by atoms with van der Waals surface area (Å²) >= 11 is 35.5. The third-order valence-corrected chi connectivity index (χ3v) is 9.63. The van der Waals surface area contributed by atoms with Gasteiger partial charge in [-0.1, -0.05) is 81.7 Å². The molecule has 0 radical (unpaired) electrons. The molecule has 0 atom stereocenters. The van der Waals surface area contributed by atoms with E-state index in [-0.39, 0.29) is 17.8 Å². The summed E-state index contributed by atoms with van der Waals surface area (Å²) in [5.41, 5.74) is 19.7. The highest BCUT2D eigenvalue weighted by Gasteiger charge is 2.10. The van der Waals surface area contributed by atoms with Crippen LogP contribution in [-0.4, -0.2) is 93.7 Å². The molecule has 318 valence electrons. The number of rotatable bonds is 12. The average molecular weight is 940 g/mol. The summed E-state index contributed by atoms with van der Waals surface area (Å²) < 4.78 is 0. The molecule has 0 aliphatic heterocycles. The van der Waals surface area contributed by atoms with Gasteiger partial charge in [-0.3, -0.25) is 0 Å². The van der Waals surface area contributed by atoms with Crippen molar-refractivity contribution in [2.45, 2.75) is 13.0 Å². The van der Waals surface area contributed by atoms with Gasteiger partial charge in [0.05, 0.1) is 30.1 Å². The minimum absolute atomic E-state index is 0.140. The second-order valence-corrected chi connectivity index (χ2v) is 15.4. The first-order chi connectivity index (χ1) is 28.4. The molecule has 0 aliphatic carbocycles. The van der Waals surface area contributed by atoms with Crippen LogP contribution in [0.3, 0.4) is 0 Å². The summed E-state index contributed by atoms with van der Waals surface area (Å²) in [6.45, 7) is 1.15. The molecule has 9 N–H and O–H groups in total. The average Bonchev–Trinajstić information content (AvgIpc) is 3.18. The Balaban J connectivity index is 0.000000199. The largest absolute Gasteiger partial charge is 0.368 e. The Kier molecular flexibility index (Phi) is 17.6. The summed E-state index contributed by atoms with van der Waals surface area (Å²) in [4.78, 5) is 42.1. The molecule has 0 amide bonds. The number of nitrogens with zero attached hydrogens (tertiary/aromatic N) is 12. The molecule has 0 saturated carbocycles. The number of hydrogen-bond donors (Lipinski definition) is 6. The maximum absolute atomic E-state index is 5.98. The van der Waals surface area contributed by atoms with Gasteiger partial charge in [0, 0.05) is 61.1 Å². The molecule has 0 aliphatic rings. The molecular weight excluding hydrogens is 897 g/mol. The van der Waals surface area contributed by atoms with E-state index >= 15 is 0 Å². The van der Waals surface area contributed by atoms with Crippen LogP contribution in [0.2, 0.25) is 30.1 Å². The normalized spacial score (nSPS) is 10.4. The fraction of sp³-hybridized carbons (Fsp3) is 0.250. The van der Waals surface area contributed by atoms with E-state index in [1.165, 1.54) is 0 Å². The van der Waals surface area contributed by atoms with Crippen molar-refractivity contribution in [3.8, 4) is 0 Å². The third kappa shape index (κ3) is 15.0. The first-order valence-electron chi connectivity index (χ1n) is 17.5. The Labute approximate surface area is 377 Å². The highest BCUT2D eigenvalue weighted by atomic mass is 35.5. The van der Waals surface area contributed by atoms with Gasteiger partial charge in [0.2, 0.25) is 53.5 Å². The van der Waals surface area contributed by atoms with Crippen LogP contribution in [0.5, 0.6) is 0 Å². The summed E-state index contributed by atoms with van der Waals surface area (Å²) in [6.07, 6.45) is 0.764. The topological polar surface area (TPSA) is 240 Å². The maximum atomic E-state index is 5.98. The van der Waals surface area contributed by atoms with Crippen LogP contribution in [-0.2, 0) is 13.0 Å². The van der Waals surface area contributed by atoms with Crippen molar-refractivity contribution in [1.29, 1.82) is 0 Å². The number of nitrogen functional groups attached to an aromatic ring is 3. The zero-order valence-electron chi connectivity index (χ0n) is 33.2. The van der Waals surface area contributed by atoms with Gasteiger partial charge in [-0.25, -0.2) is 0 Å². The number of benzene rings is 3. The monoisotopic (exact) mass is 936 g/mol. The molecule has 3 aromatic heterocycles. The summed E-state index contributed by atoms with van der Waals surface area (Å²) in [6, 6.07) is 16.1. The molecule has 0 unspecified atom stereocenters. The summed E-state index contributed by atoms with van der Waals surface area (Å²) in [5, 5.41) is 12.2. The Morgan fingerprint density at radius 3 is 1.32 bits per heavy atom. The van der Waals surface area contributed by atoms with Gasteiger partial charge in [0.15, 0.2) is 0 Å². The van der Waals surface area contributed by atoms with Crippen molar-refractivity contribution in [3.05, 3.63) is 95.9 Å². The minimum atomic E-state index is 0.140. The van der Waals surface area contributed by atoms with E-state index in [2.05, 4.69) is 60.8 Å². The van der Waals surface area contributed by atoms with Crippen LogP contribution in [0.15, 0.2) is 54.6 Å². The number of nitrogens with two attached hydrogens (primary N) is 3. The van der Waals surface area contributed by atoms with E-state index in [0.29, 0.717) is 84.6 Å². The first-order valence-corrected chi connectivity index (χ1v) is 19.8. The maximum Gasteiger partial charge on any atom is 0.233 e. The second kappa shape index (κ2) is 22.3. The molecule has 0 saturated heterocycles. The van der Waals surface area contributed by atoms with Gasteiger partial charge < -0.3 is 47.9 Å². The molecule has 0 fully saturated rings. The zero-order valence-corrected chi connectivity index (χ0v) is 37.7. The van der Waals surface area contributed by atoms with Gasteiger partial charge in [0.25, 0.3) is 0 Å². The highest BCUT2D eigenvalue weighted by molar-refractivity contribution is 6.43. The van der Waals surface area contributed by atoms with Crippen molar-refractivity contribution in [1.82, 2.24) is 44.9 Å². The van der Waals surface area contributed by atoms with E-state index in [1.54, 1.807) is 51.1 Å². The Morgan fingerprint density at radius 1 is 0.450 bits per heavy atom. The molecule has 3 heterocycles.